The molecule has 3 aliphatic rings. The fourth-order valence-electron chi connectivity index (χ4n) is 4.94. The second kappa shape index (κ2) is 10.8. The summed E-state index contributed by atoms with van der Waals surface area (Å²) in [5.41, 5.74) is 2.61. The standard InChI is InChI=1S/C24H38N4O3/c1-18-14-27(15-19(2)31-18)16-21-8-6-20(7-9-21)13-26-24(25-3)28-10-12-30-23(17-28)22-5-4-11-29-22/h6-9,18-19,22-23H,4-5,10-17H2,1-3H3,(H,25,26). The van der Waals surface area contributed by atoms with Gasteiger partial charge >= 0.3 is 0 Å². The number of aliphatic imine (C=N–C) groups is 1. The first-order chi connectivity index (χ1) is 15.1. The molecule has 0 saturated carbocycles. The van der Waals surface area contributed by atoms with Crippen molar-refractivity contribution in [2.24, 2.45) is 4.99 Å². The van der Waals surface area contributed by atoms with Crippen LogP contribution in [0.25, 0.3) is 0 Å². The molecular weight excluding hydrogens is 392 g/mol. The number of hydrogen-bond acceptors (Lipinski definition) is 5. The van der Waals surface area contributed by atoms with Crippen LogP contribution in [0.3, 0.4) is 0 Å². The van der Waals surface area contributed by atoms with Gasteiger partial charge in [-0.1, -0.05) is 24.3 Å². The fraction of sp³-hybridized carbons (Fsp3) is 0.708. The molecule has 0 aliphatic carbocycles. The van der Waals surface area contributed by atoms with Gasteiger partial charge in [-0.05, 0) is 37.8 Å². The maximum atomic E-state index is 5.98. The third-order valence-corrected chi connectivity index (χ3v) is 6.36. The van der Waals surface area contributed by atoms with Crippen molar-refractivity contribution in [3.63, 3.8) is 0 Å². The Balaban J connectivity index is 1.26. The van der Waals surface area contributed by atoms with Gasteiger partial charge in [0.1, 0.15) is 6.10 Å². The van der Waals surface area contributed by atoms with E-state index >= 15 is 0 Å². The molecule has 0 amide bonds. The lowest BCUT2D eigenvalue weighted by Gasteiger charge is -2.37. The molecule has 0 spiro atoms. The van der Waals surface area contributed by atoms with Crippen LogP contribution < -0.4 is 5.32 Å². The van der Waals surface area contributed by atoms with E-state index in [1.807, 2.05) is 7.05 Å². The number of ether oxygens (including phenoxy) is 3. The first kappa shape index (κ1) is 22.5. The molecule has 7 nitrogen and oxygen atoms in total. The van der Waals surface area contributed by atoms with Crippen molar-refractivity contribution in [3.8, 4) is 0 Å². The number of benzene rings is 1. The SMILES string of the molecule is CN=C(NCc1ccc(CN2CC(C)OC(C)C2)cc1)N1CCOC(C2CCCO2)C1. The third kappa shape index (κ3) is 6.19. The molecule has 7 heteroatoms. The average Bonchev–Trinajstić information content (AvgIpc) is 3.30. The highest BCUT2D eigenvalue weighted by atomic mass is 16.5. The zero-order valence-corrected chi connectivity index (χ0v) is 19.3. The minimum Gasteiger partial charge on any atom is -0.375 e. The fourth-order valence-corrected chi connectivity index (χ4v) is 4.94. The summed E-state index contributed by atoms with van der Waals surface area (Å²) in [5, 5.41) is 3.53. The van der Waals surface area contributed by atoms with Crippen molar-refractivity contribution in [3.05, 3.63) is 35.4 Å². The molecule has 3 aliphatic heterocycles. The van der Waals surface area contributed by atoms with Gasteiger partial charge in [0.05, 0.1) is 24.9 Å². The Morgan fingerprint density at radius 3 is 2.39 bits per heavy atom. The molecule has 172 valence electrons. The van der Waals surface area contributed by atoms with E-state index in [1.165, 1.54) is 11.1 Å². The zero-order valence-electron chi connectivity index (χ0n) is 19.3. The third-order valence-electron chi connectivity index (χ3n) is 6.36. The first-order valence-electron chi connectivity index (χ1n) is 11.7. The summed E-state index contributed by atoms with van der Waals surface area (Å²) in [6.45, 7) is 11.3. The summed E-state index contributed by atoms with van der Waals surface area (Å²) in [4.78, 5) is 9.29. The molecule has 31 heavy (non-hydrogen) atoms. The van der Waals surface area contributed by atoms with Gasteiger partial charge in [-0.25, -0.2) is 0 Å². The van der Waals surface area contributed by atoms with Crippen molar-refractivity contribution in [1.29, 1.82) is 0 Å². The molecule has 1 N–H and O–H groups in total. The van der Waals surface area contributed by atoms with Crippen LogP contribution in [0.2, 0.25) is 0 Å². The van der Waals surface area contributed by atoms with E-state index in [-0.39, 0.29) is 12.2 Å². The molecule has 1 aromatic carbocycles. The second-order valence-electron chi connectivity index (χ2n) is 9.08. The maximum absolute atomic E-state index is 5.98. The van der Waals surface area contributed by atoms with Gasteiger partial charge < -0.3 is 24.4 Å². The van der Waals surface area contributed by atoms with E-state index in [2.05, 4.69) is 58.2 Å². The molecule has 3 fully saturated rings. The van der Waals surface area contributed by atoms with Crippen molar-refractivity contribution in [2.45, 2.75) is 64.2 Å². The molecule has 3 saturated heterocycles. The summed E-state index contributed by atoms with van der Waals surface area (Å²) in [6, 6.07) is 8.92. The molecule has 4 unspecified atom stereocenters. The molecule has 0 radical (unpaired) electrons. The average molecular weight is 431 g/mol. The van der Waals surface area contributed by atoms with Crippen molar-refractivity contribution >= 4 is 5.96 Å². The van der Waals surface area contributed by atoms with E-state index < -0.39 is 0 Å². The molecule has 4 rings (SSSR count). The van der Waals surface area contributed by atoms with Crippen LogP contribution in [0.1, 0.15) is 37.8 Å². The van der Waals surface area contributed by atoms with Crippen LogP contribution in [-0.2, 0) is 27.3 Å². The van der Waals surface area contributed by atoms with Gasteiger partial charge in [0.2, 0.25) is 0 Å². The highest BCUT2D eigenvalue weighted by molar-refractivity contribution is 5.80. The Morgan fingerprint density at radius 1 is 1.00 bits per heavy atom. The predicted octanol–water partition coefficient (Wildman–Crippen LogP) is 2.25. The van der Waals surface area contributed by atoms with Gasteiger partial charge in [0.25, 0.3) is 0 Å². The summed E-state index contributed by atoms with van der Waals surface area (Å²) in [7, 11) is 1.85. The molecule has 4 atom stereocenters. The van der Waals surface area contributed by atoms with Gasteiger partial charge in [-0.2, -0.15) is 0 Å². The lowest BCUT2D eigenvalue weighted by molar-refractivity contribution is -0.0817. The highest BCUT2D eigenvalue weighted by Crippen LogP contribution is 2.21. The maximum Gasteiger partial charge on any atom is 0.194 e. The molecule has 0 bridgehead atoms. The Hall–Kier alpha value is -1.67. The van der Waals surface area contributed by atoms with Gasteiger partial charge in [0.15, 0.2) is 5.96 Å². The topological polar surface area (TPSA) is 58.6 Å². The van der Waals surface area contributed by atoms with E-state index in [1.54, 1.807) is 0 Å². The first-order valence-corrected chi connectivity index (χ1v) is 11.7. The van der Waals surface area contributed by atoms with E-state index in [9.17, 15) is 0 Å². The quantitative estimate of drug-likeness (QED) is 0.571. The van der Waals surface area contributed by atoms with Crippen LogP contribution in [0, 0.1) is 0 Å². The molecule has 0 aromatic heterocycles. The normalized spacial score (nSPS) is 30.5. The van der Waals surface area contributed by atoms with Crippen LogP contribution in [0.15, 0.2) is 29.3 Å². The Kier molecular flexibility index (Phi) is 7.82. The van der Waals surface area contributed by atoms with E-state index in [4.69, 9.17) is 14.2 Å². The highest BCUT2D eigenvalue weighted by Gasteiger charge is 2.32. The van der Waals surface area contributed by atoms with Crippen molar-refractivity contribution in [1.82, 2.24) is 15.1 Å². The van der Waals surface area contributed by atoms with Gasteiger partial charge in [-0.3, -0.25) is 9.89 Å². The summed E-state index contributed by atoms with van der Waals surface area (Å²) < 4.78 is 17.7. The molecule has 3 heterocycles. The van der Waals surface area contributed by atoms with Crippen LogP contribution >= 0.6 is 0 Å². The van der Waals surface area contributed by atoms with Gasteiger partial charge in [-0.15, -0.1) is 0 Å². The lowest BCUT2D eigenvalue weighted by Crippen LogP contribution is -2.53. The Labute approximate surface area is 186 Å². The Bertz CT molecular complexity index is 710. The smallest absolute Gasteiger partial charge is 0.194 e. The number of rotatable bonds is 5. The number of hydrogen-bond donors (Lipinski definition) is 1. The minimum atomic E-state index is 0.139. The Morgan fingerprint density at radius 2 is 1.71 bits per heavy atom. The molecule has 1 aromatic rings. The van der Waals surface area contributed by atoms with Gasteiger partial charge in [0, 0.05) is 52.9 Å². The minimum absolute atomic E-state index is 0.139. The number of nitrogens with one attached hydrogen (secondary N) is 1. The second-order valence-corrected chi connectivity index (χ2v) is 9.08. The summed E-state index contributed by atoms with van der Waals surface area (Å²) in [5.74, 6) is 0.937. The monoisotopic (exact) mass is 430 g/mol. The largest absolute Gasteiger partial charge is 0.375 e. The predicted molar refractivity (Wildman–Crippen MR) is 122 cm³/mol. The zero-order chi connectivity index (χ0) is 21.6. The van der Waals surface area contributed by atoms with E-state index in [0.29, 0.717) is 12.2 Å². The molecular formula is C24H38N4O3. The van der Waals surface area contributed by atoms with Crippen molar-refractivity contribution in [2.75, 3.05) is 46.4 Å². The van der Waals surface area contributed by atoms with E-state index in [0.717, 1.165) is 71.3 Å². The number of nitrogens with zero attached hydrogens (tertiary/aromatic N) is 3. The summed E-state index contributed by atoms with van der Waals surface area (Å²) >= 11 is 0. The van der Waals surface area contributed by atoms with Crippen molar-refractivity contribution < 1.29 is 14.2 Å². The van der Waals surface area contributed by atoms with Crippen LogP contribution in [-0.4, -0.2) is 86.6 Å². The number of morpholine rings is 2. The lowest BCUT2D eigenvalue weighted by atomic mass is 10.1. The van der Waals surface area contributed by atoms with Crippen LogP contribution in [0.5, 0.6) is 0 Å². The number of guanidine groups is 1. The van der Waals surface area contributed by atoms with Crippen LogP contribution in [0.4, 0.5) is 0 Å². The summed E-state index contributed by atoms with van der Waals surface area (Å²) in [6.07, 6.45) is 3.21.